The maximum Gasteiger partial charge on any atom is 0.137 e. The Bertz CT molecular complexity index is 462. The van der Waals surface area contributed by atoms with Crippen LogP contribution in [-0.4, -0.2) is 18.2 Å². The standard InChI is InChI=1S/C12H15NO2/c1-8(13-2)5-11-6-9-3-4-10(14)7-12(9)15-11/h3-4,6-8,13-14H,5H2,1-2H3. The molecule has 0 aliphatic rings. The highest BCUT2D eigenvalue weighted by atomic mass is 16.3. The van der Waals surface area contributed by atoms with Crippen LogP contribution in [0.15, 0.2) is 28.7 Å². The van der Waals surface area contributed by atoms with Gasteiger partial charge in [-0.15, -0.1) is 0 Å². The molecule has 0 saturated heterocycles. The van der Waals surface area contributed by atoms with Crippen LogP contribution in [0.25, 0.3) is 11.0 Å². The van der Waals surface area contributed by atoms with Crippen LogP contribution in [0, 0.1) is 0 Å². The van der Waals surface area contributed by atoms with Gasteiger partial charge in [-0.3, -0.25) is 0 Å². The van der Waals surface area contributed by atoms with E-state index < -0.39 is 0 Å². The summed E-state index contributed by atoms with van der Waals surface area (Å²) in [4.78, 5) is 0. The van der Waals surface area contributed by atoms with E-state index in [1.807, 2.05) is 19.2 Å². The summed E-state index contributed by atoms with van der Waals surface area (Å²) in [6, 6.07) is 7.58. The molecule has 0 spiro atoms. The van der Waals surface area contributed by atoms with Gasteiger partial charge < -0.3 is 14.8 Å². The van der Waals surface area contributed by atoms with Crippen LogP contribution in [0.2, 0.25) is 0 Å². The molecule has 0 bridgehead atoms. The third-order valence-electron chi connectivity index (χ3n) is 2.55. The number of fused-ring (bicyclic) bond motifs is 1. The number of phenolic OH excluding ortho intramolecular Hbond substituents is 1. The van der Waals surface area contributed by atoms with E-state index in [0.717, 1.165) is 23.2 Å². The number of aromatic hydroxyl groups is 1. The molecule has 15 heavy (non-hydrogen) atoms. The van der Waals surface area contributed by atoms with E-state index in [2.05, 4.69) is 12.2 Å². The van der Waals surface area contributed by atoms with Gasteiger partial charge >= 0.3 is 0 Å². The molecule has 2 rings (SSSR count). The SMILES string of the molecule is CNC(C)Cc1cc2ccc(O)cc2o1. The first-order chi connectivity index (χ1) is 7.19. The number of benzene rings is 1. The van der Waals surface area contributed by atoms with Crippen LogP contribution < -0.4 is 5.32 Å². The van der Waals surface area contributed by atoms with Gasteiger partial charge in [0.25, 0.3) is 0 Å². The van der Waals surface area contributed by atoms with Crippen molar-refractivity contribution >= 4 is 11.0 Å². The summed E-state index contributed by atoms with van der Waals surface area (Å²) in [5.74, 6) is 1.18. The first-order valence-electron chi connectivity index (χ1n) is 5.08. The summed E-state index contributed by atoms with van der Waals surface area (Å²) in [5.41, 5.74) is 0.744. The van der Waals surface area contributed by atoms with Crippen LogP contribution in [0.5, 0.6) is 5.75 Å². The molecule has 1 atom stereocenters. The van der Waals surface area contributed by atoms with Gasteiger partial charge in [0.15, 0.2) is 0 Å². The van der Waals surface area contributed by atoms with Crippen molar-refractivity contribution in [2.24, 2.45) is 0 Å². The summed E-state index contributed by atoms with van der Waals surface area (Å²) in [6.07, 6.45) is 0.853. The van der Waals surface area contributed by atoms with Gasteiger partial charge in [0, 0.05) is 23.9 Å². The van der Waals surface area contributed by atoms with E-state index in [0.29, 0.717) is 6.04 Å². The minimum absolute atomic E-state index is 0.241. The molecular formula is C12H15NO2. The Hall–Kier alpha value is -1.48. The van der Waals surface area contributed by atoms with Crippen LogP contribution in [0.4, 0.5) is 0 Å². The van der Waals surface area contributed by atoms with Crippen LogP contribution in [0.3, 0.4) is 0 Å². The van der Waals surface area contributed by atoms with Crippen molar-refractivity contribution in [3.05, 3.63) is 30.0 Å². The van der Waals surface area contributed by atoms with Crippen molar-refractivity contribution in [3.63, 3.8) is 0 Å². The maximum absolute atomic E-state index is 9.30. The number of furan rings is 1. The lowest BCUT2D eigenvalue weighted by molar-refractivity contribution is 0.471. The summed E-state index contributed by atoms with van der Waals surface area (Å²) in [5, 5.41) is 13.5. The second-order valence-corrected chi connectivity index (χ2v) is 3.83. The zero-order valence-electron chi connectivity index (χ0n) is 8.95. The smallest absolute Gasteiger partial charge is 0.137 e. The fourth-order valence-corrected chi connectivity index (χ4v) is 1.58. The van der Waals surface area contributed by atoms with Crippen LogP contribution in [-0.2, 0) is 6.42 Å². The third kappa shape index (κ3) is 2.13. The molecule has 1 heterocycles. The predicted molar refractivity (Wildman–Crippen MR) is 60.1 cm³/mol. The molecule has 0 amide bonds. The molecule has 1 aromatic carbocycles. The van der Waals surface area contributed by atoms with Crippen molar-refractivity contribution in [1.29, 1.82) is 0 Å². The minimum atomic E-state index is 0.241. The summed E-state index contributed by atoms with van der Waals surface area (Å²) in [6.45, 7) is 2.10. The Labute approximate surface area is 88.7 Å². The van der Waals surface area contributed by atoms with Gasteiger partial charge in [0.2, 0.25) is 0 Å². The van der Waals surface area contributed by atoms with Gasteiger partial charge in [-0.05, 0) is 32.2 Å². The van der Waals surface area contributed by atoms with E-state index in [1.54, 1.807) is 12.1 Å². The number of likely N-dealkylation sites (N-methyl/N-ethyl adjacent to an activating group) is 1. The second kappa shape index (κ2) is 3.95. The van der Waals surface area contributed by atoms with Gasteiger partial charge in [-0.2, -0.15) is 0 Å². The molecule has 3 heteroatoms. The fourth-order valence-electron chi connectivity index (χ4n) is 1.58. The van der Waals surface area contributed by atoms with Crippen molar-refractivity contribution < 1.29 is 9.52 Å². The molecule has 1 unspecified atom stereocenters. The average molecular weight is 205 g/mol. The Morgan fingerprint density at radius 3 is 2.93 bits per heavy atom. The first-order valence-corrected chi connectivity index (χ1v) is 5.08. The zero-order chi connectivity index (χ0) is 10.8. The Balaban J connectivity index is 2.30. The molecule has 2 N–H and O–H groups in total. The van der Waals surface area contributed by atoms with Crippen molar-refractivity contribution in [3.8, 4) is 5.75 Å². The summed E-state index contributed by atoms with van der Waals surface area (Å²) < 4.78 is 5.62. The molecule has 0 saturated carbocycles. The topological polar surface area (TPSA) is 45.4 Å². The van der Waals surface area contributed by atoms with Gasteiger partial charge in [-0.25, -0.2) is 0 Å². The maximum atomic E-state index is 9.30. The zero-order valence-corrected chi connectivity index (χ0v) is 8.95. The molecule has 1 aromatic heterocycles. The third-order valence-corrected chi connectivity index (χ3v) is 2.55. The predicted octanol–water partition coefficient (Wildman–Crippen LogP) is 2.29. The molecule has 0 radical (unpaired) electrons. The highest BCUT2D eigenvalue weighted by Gasteiger charge is 2.07. The molecular weight excluding hydrogens is 190 g/mol. The Morgan fingerprint density at radius 2 is 2.20 bits per heavy atom. The van der Waals surface area contributed by atoms with Crippen molar-refractivity contribution in [1.82, 2.24) is 5.32 Å². The lowest BCUT2D eigenvalue weighted by Gasteiger charge is -2.06. The number of hydrogen-bond acceptors (Lipinski definition) is 3. The van der Waals surface area contributed by atoms with E-state index >= 15 is 0 Å². The summed E-state index contributed by atoms with van der Waals surface area (Å²) in [7, 11) is 1.93. The Kier molecular flexibility index (Phi) is 2.64. The number of rotatable bonds is 3. The van der Waals surface area contributed by atoms with Crippen LogP contribution >= 0.6 is 0 Å². The lowest BCUT2D eigenvalue weighted by Crippen LogP contribution is -2.23. The lowest BCUT2D eigenvalue weighted by atomic mass is 10.2. The van der Waals surface area contributed by atoms with Gasteiger partial charge in [0.05, 0.1) is 0 Å². The van der Waals surface area contributed by atoms with Crippen molar-refractivity contribution in [2.45, 2.75) is 19.4 Å². The molecule has 0 aliphatic carbocycles. The van der Waals surface area contributed by atoms with Crippen LogP contribution in [0.1, 0.15) is 12.7 Å². The van der Waals surface area contributed by atoms with Gasteiger partial charge in [-0.1, -0.05) is 0 Å². The summed E-state index contributed by atoms with van der Waals surface area (Å²) >= 11 is 0. The second-order valence-electron chi connectivity index (χ2n) is 3.83. The van der Waals surface area contributed by atoms with E-state index in [1.165, 1.54) is 0 Å². The fraction of sp³-hybridized carbons (Fsp3) is 0.333. The van der Waals surface area contributed by atoms with E-state index in [9.17, 15) is 5.11 Å². The van der Waals surface area contributed by atoms with E-state index in [-0.39, 0.29) is 5.75 Å². The average Bonchev–Trinajstić information content (AvgIpc) is 2.59. The highest BCUT2D eigenvalue weighted by Crippen LogP contribution is 2.24. The highest BCUT2D eigenvalue weighted by molar-refractivity contribution is 5.79. The number of phenols is 1. The molecule has 0 fully saturated rings. The number of hydrogen-bond donors (Lipinski definition) is 2. The molecule has 80 valence electrons. The normalized spacial score (nSPS) is 13.2. The minimum Gasteiger partial charge on any atom is -0.508 e. The first kappa shape index (κ1) is 10.1. The Morgan fingerprint density at radius 1 is 1.40 bits per heavy atom. The van der Waals surface area contributed by atoms with Gasteiger partial charge in [0.1, 0.15) is 17.1 Å². The molecule has 0 aliphatic heterocycles. The largest absolute Gasteiger partial charge is 0.508 e. The van der Waals surface area contributed by atoms with E-state index in [4.69, 9.17) is 4.42 Å². The number of nitrogens with one attached hydrogen (secondary N) is 1. The monoisotopic (exact) mass is 205 g/mol. The molecule has 2 aromatic rings. The van der Waals surface area contributed by atoms with Crippen molar-refractivity contribution in [2.75, 3.05) is 7.05 Å². The molecule has 3 nitrogen and oxygen atoms in total. The quantitative estimate of drug-likeness (QED) is 0.808.